The fourth-order valence-electron chi connectivity index (χ4n) is 0.792. The molecule has 1 unspecified atom stereocenters. The average Bonchev–Trinajstić information content (AvgIpc) is 2.06. The molecule has 0 radical (unpaired) electrons. The number of ether oxygens (including phenoxy) is 1. The molecule has 1 aromatic rings. The van der Waals surface area contributed by atoms with Gasteiger partial charge in [-0.05, 0) is 24.6 Å². The maximum Gasteiger partial charge on any atom is 0.174 e. The largest absolute Gasteiger partial charge is 0.485 e. The topological polar surface area (TPSA) is 58.0 Å². The third-order valence-corrected chi connectivity index (χ3v) is 1.26. The number of hydrogen-bond acceptors (Lipinski definition) is 2. The van der Waals surface area contributed by atoms with E-state index >= 15 is 0 Å². The highest BCUT2D eigenvalue weighted by Gasteiger charge is 1.97. The fraction of sp³-hybridized carbons (Fsp3) is 0.250. The van der Waals surface area contributed by atoms with Gasteiger partial charge in [-0.25, -0.2) is 0 Å². The van der Waals surface area contributed by atoms with Crippen LogP contribution in [0.15, 0.2) is 35.4 Å². The van der Waals surface area contributed by atoms with Crippen LogP contribution in [0.4, 0.5) is 0 Å². The Morgan fingerprint density at radius 3 is 2.67 bits per heavy atom. The molecule has 4 heteroatoms. The van der Waals surface area contributed by atoms with Crippen molar-refractivity contribution in [1.82, 2.24) is 0 Å². The molecule has 4 nitrogen and oxygen atoms in total. The first-order valence-corrected chi connectivity index (χ1v) is 3.59. The number of nitrogens with zero attached hydrogens (tertiary/aromatic N) is 3. The lowest BCUT2D eigenvalue weighted by molar-refractivity contribution is 0.230. The summed E-state index contributed by atoms with van der Waals surface area (Å²) in [6.07, 6.45) is -0.461. The highest BCUT2D eigenvalue weighted by Crippen LogP contribution is 2.10. The first-order valence-electron chi connectivity index (χ1n) is 3.59. The van der Waals surface area contributed by atoms with Gasteiger partial charge in [0.1, 0.15) is 5.75 Å². The second-order valence-corrected chi connectivity index (χ2v) is 2.24. The zero-order valence-electron chi connectivity index (χ0n) is 6.71. The van der Waals surface area contributed by atoms with Gasteiger partial charge in [-0.1, -0.05) is 23.3 Å². The molecule has 0 N–H and O–H groups in total. The van der Waals surface area contributed by atoms with E-state index in [9.17, 15) is 0 Å². The van der Waals surface area contributed by atoms with Gasteiger partial charge in [0.15, 0.2) is 6.23 Å². The Bertz CT molecular complexity index is 280. The molecule has 12 heavy (non-hydrogen) atoms. The third-order valence-electron chi connectivity index (χ3n) is 1.26. The van der Waals surface area contributed by atoms with Gasteiger partial charge in [0.2, 0.25) is 0 Å². The van der Waals surface area contributed by atoms with Gasteiger partial charge in [-0.15, -0.1) is 0 Å². The van der Waals surface area contributed by atoms with E-state index in [1.54, 1.807) is 6.92 Å². The van der Waals surface area contributed by atoms with Crippen LogP contribution in [0.25, 0.3) is 10.4 Å². The van der Waals surface area contributed by atoms with Gasteiger partial charge in [0, 0.05) is 4.91 Å². The van der Waals surface area contributed by atoms with Gasteiger partial charge in [-0.2, -0.15) is 0 Å². The van der Waals surface area contributed by atoms with Crippen LogP contribution in [-0.2, 0) is 0 Å². The molecule has 0 saturated carbocycles. The summed E-state index contributed by atoms with van der Waals surface area (Å²) in [6, 6.07) is 9.23. The predicted molar refractivity (Wildman–Crippen MR) is 45.7 cm³/mol. The van der Waals surface area contributed by atoms with Crippen LogP contribution in [0.2, 0.25) is 0 Å². The summed E-state index contributed by atoms with van der Waals surface area (Å²) in [5.41, 5.74) is 8.09. The number of azide groups is 1. The summed E-state index contributed by atoms with van der Waals surface area (Å²) in [4.78, 5) is 2.63. The summed E-state index contributed by atoms with van der Waals surface area (Å²) in [5, 5.41) is 3.38. The number of benzene rings is 1. The molecule has 1 rings (SSSR count). The summed E-state index contributed by atoms with van der Waals surface area (Å²) < 4.78 is 5.23. The highest BCUT2D eigenvalue weighted by molar-refractivity contribution is 5.21. The van der Waals surface area contributed by atoms with E-state index in [0.29, 0.717) is 5.75 Å². The Labute approximate surface area is 70.4 Å². The van der Waals surface area contributed by atoms with Crippen molar-refractivity contribution in [2.24, 2.45) is 5.11 Å². The SMILES string of the molecule is CC(N=[N+]=[N-])Oc1ccccc1. The van der Waals surface area contributed by atoms with Crippen LogP contribution in [0, 0.1) is 0 Å². The molecule has 0 aliphatic rings. The van der Waals surface area contributed by atoms with Crippen LogP contribution in [0.5, 0.6) is 5.75 Å². The first kappa shape index (κ1) is 8.43. The molecule has 0 aliphatic heterocycles. The zero-order valence-corrected chi connectivity index (χ0v) is 6.71. The molecule has 0 spiro atoms. The average molecular weight is 163 g/mol. The van der Waals surface area contributed by atoms with E-state index in [2.05, 4.69) is 10.0 Å². The summed E-state index contributed by atoms with van der Waals surface area (Å²) in [7, 11) is 0. The maximum absolute atomic E-state index is 8.09. The number of hydrogen-bond donors (Lipinski definition) is 0. The van der Waals surface area contributed by atoms with Crippen molar-refractivity contribution in [3.63, 3.8) is 0 Å². The summed E-state index contributed by atoms with van der Waals surface area (Å²) in [5.74, 6) is 0.706. The van der Waals surface area contributed by atoms with E-state index < -0.39 is 6.23 Å². The molecule has 0 bridgehead atoms. The summed E-state index contributed by atoms with van der Waals surface area (Å²) in [6.45, 7) is 1.69. The molecular weight excluding hydrogens is 154 g/mol. The van der Waals surface area contributed by atoms with Crippen molar-refractivity contribution >= 4 is 0 Å². The van der Waals surface area contributed by atoms with E-state index in [4.69, 9.17) is 10.3 Å². The van der Waals surface area contributed by atoms with Crippen LogP contribution < -0.4 is 4.74 Å². The predicted octanol–water partition coefficient (Wildman–Crippen LogP) is 2.72. The van der Waals surface area contributed by atoms with E-state index in [-0.39, 0.29) is 0 Å². The minimum absolute atomic E-state index is 0.461. The monoisotopic (exact) mass is 163 g/mol. The zero-order chi connectivity index (χ0) is 8.81. The van der Waals surface area contributed by atoms with Gasteiger partial charge >= 0.3 is 0 Å². The lowest BCUT2D eigenvalue weighted by atomic mass is 10.3. The summed E-state index contributed by atoms with van der Waals surface area (Å²) >= 11 is 0. The smallest absolute Gasteiger partial charge is 0.174 e. The molecule has 0 aromatic heterocycles. The van der Waals surface area contributed by atoms with Crippen molar-refractivity contribution in [2.45, 2.75) is 13.2 Å². The molecule has 0 aliphatic carbocycles. The van der Waals surface area contributed by atoms with Crippen molar-refractivity contribution in [1.29, 1.82) is 0 Å². The van der Waals surface area contributed by atoms with Crippen LogP contribution >= 0.6 is 0 Å². The van der Waals surface area contributed by atoms with Crippen LogP contribution in [0.3, 0.4) is 0 Å². The molecule has 0 amide bonds. The second-order valence-electron chi connectivity index (χ2n) is 2.24. The maximum atomic E-state index is 8.09. The van der Waals surface area contributed by atoms with Crippen molar-refractivity contribution in [2.75, 3.05) is 0 Å². The highest BCUT2D eigenvalue weighted by atomic mass is 16.5. The minimum atomic E-state index is -0.461. The molecule has 0 heterocycles. The fourth-order valence-corrected chi connectivity index (χ4v) is 0.792. The Hall–Kier alpha value is -1.67. The van der Waals surface area contributed by atoms with Crippen molar-refractivity contribution in [3.8, 4) is 5.75 Å². The third kappa shape index (κ3) is 2.52. The van der Waals surface area contributed by atoms with Crippen LogP contribution in [0.1, 0.15) is 6.92 Å². The molecule has 1 aromatic carbocycles. The molecule has 0 fully saturated rings. The molecular formula is C8H9N3O. The van der Waals surface area contributed by atoms with E-state index in [1.807, 2.05) is 30.3 Å². The molecule has 0 saturated heterocycles. The Morgan fingerprint density at radius 1 is 1.42 bits per heavy atom. The second kappa shape index (κ2) is 4.26. The van der Waals surface area contributed by atoms with E-state index in [0.717, 1.165) is 0 Å². The van der Waals surface area contributed by atoms with Crippen LogP contribution in [-0.4, -0.2) is 6.23 Å². The normalized spacial score (nSPS) is 11.4. The standard InChI is InChI=1S/C8H9N3O/c1-7(10-11-9)12-8-5-3-2-4-6-8/h2-7H,1H3. The molecule has 1 atom stereocenters. The van der Waals surface area contributed by atoms with Gasteiger partial charge < -0.3 is 4.74 Å². The van der Waals surface area contributed by atoms with Crippen molar-refractivity contribution < 1.29 is 4.74 Å². The molecule has 62 valence electrons. The van der Waals surface area contributed by atoms with E-state index in [1.165, 1.54) is 0 Å². The van der Waals surface area contributed by atoms with Gasteiger partial charge in [-0.3, -0.25) is 0 Å². The minimum Gasteiger partial charge on any atom is -0.485 e. The van der Waals surface area contributed by atoms with Gasteiger partial charge in [0.25, 0.3) is 0 Å². The van der Waals surface area contributed by atoms with Crippen molar-refractivity contribution in [3.05, 3.63) is 40.8 Å². The quantitative estimate of drug-likeness (QED) is 0.384. The number of para-hydroxylation sites is 1. The van der Waals surface area contributed by atoms with Gasteiger partial charge in [0.05, 0.1) is 0 Å². The first-order chi connectivity index (χ1) is 5.83. The Kier molecular flexibility index (Phi) is 2.99. The number of rotatable bonds is 3. The Balaban J connectivity index is 2.58. The lowest BCUT2D eigenvalue weighted by Gasteiger charge is -2.07. The Morgan fingerprint density at radius 2 is 2.08 bits per heavy atom. The lowest BCUT2D eigenvalue weighted by Crippen LogP contribution is -2.06.